The molecule has 5 rings (SSSR count). The van der Waals surface area contributed by atoms with Crippen LogP contribution in [0.3, 0.4) is 0 Å². The highest BCUT2D eigenvalue weighted by molar-refractivity contribution is 5.95. The number of rotatable bonds is 6. The van der Waals surface area contributed by atoms with Gasteiger partial charge in [-0.05, 0) is 54.4 Å². The molecule has 3 aromatic carbocycles. The average Bonchev–Trinajstić information content (AvgIpc) is 2.94. The van der Waals surface area contributed by atoms with E-state index in [0.29, 0.717) is 19.7 Å². The van der Waals surface area contributed by atoms with Gasteiger partial charge in [0.2, 0.25) is 0 Å². The van der Waals surface area contributed by atoms with E-state index >= 15 is 0 Å². The van der Waals surface area contributed by atoms with Crippen molar-refractivity contribution in [3.63, 3.8) is 0 Å². The van der Waals surface area contributed by atoms with Crippen molar-refractivity contribution >= 4 is 11.7 Å². The Kier molecular flexibility index (Phi) is 6.70. The summed E-state index contributed by atoms with van der Waals surface area (Å²) in [7, 11) is 0. The Hall–Kier alpha value is -4.19. The van der Waals surface area contributed by atoms with E-state index in [1.807, 2.05) is 84.6 Å². The second-order valence-corrected chi connectivity index (χ2v) is 8.44. The lowest BCUT2D eigenvalue weighted by Gasteiger charge is -2.35. The Bertz CT molecular complexity index is 1270. The lowest BCUT2D eigenvalue weighted by atomic mass is 10.0. The molecule has 0 radical (unpaired) electrons. The lowest BCUT2D eigenvalue weighted by Crippen LogP contribution is -2.49. The third kappa shape index (κ3) is 5.17. The molecule has 2 heterocycles. The molecule has 0 bridgehead atoms. The Morgan fingerprint density at radius 1 is 0.800 bits per heavy atom. The van der Waals surface area contributed by atoms with Gasteiger partial charge in [0.15, 0.2) is 0 Å². The standard InChI is InChI=1S/C29H28N4O2/c1-2-35-26-14-12-24(13-15-26)27-20-28(31-21-30-27)32-16-18-33(19-17-32)29(34)25-10-8-23(9-11-25)22-6-4-3-5-7-22/h3-15,20-21H,2,16-19H2,1H3. The first-order valence-corrected chi connectivity index (χ1v) is 12.0. The number of carbonyl (C=O) groups is 1. The van der Waals surface area contributed by atoms with Crippen molar-refractivity contribution in [2.75, 3.05) is 37.7 Å². The third-order valence-corrected chi connectivity index (χ3v) is 6.24. The van der Waals surface area contributed by atoms with Gasteiger partial charge in [0, 0.05) is 43.4 Å². The topological polar surface area (TPSA) is 58.6 Å². The van der Waals surface area contributed by atoms with Gasteiger partial charge < -0.3 is 14.5 Å². The fourth-order valence-electron chi connectivity index (χ4n) is 4.32. The summed E-state index contributed by atoms with van der Waals surface area (Å²) in [5, 5.41) is 0. The van der Waals surface area contributed by atoms with Crippen LogP contribution in [0.15, 0.2) is 91.3 Å². The molecule has 4 aromatic rings. The van der Waals surface area contributed by atoms with Crippen molar-refractivity contribution in [1.82, 2.24) is 14.9 Å². The van der Waals surface area contributed by atoms with Crippen LogP contribution in [0.5, 0.6) is 5.75 Å². The number of carbonyl (C=O) groups excluding carboxylic acids is 1. The summed E-state index contributed by atoms with van der Waals surface area (Å²) in [6.07, 6.45) is 1.60. The van der Waals surface area contributed by atoms with Crippen LogP contribution in [-0.2, 0) is 0 Å². The van der Waals surface area contributed by atoms with Gasteiger partial charge in [0.25, 0.3) is 5.91 Å². The van der Waals surface area contributed by atoms with Crippen molar-refractivity contribution in [2.45, 2.75) is 6.92 Å². The molecular weight excluding hydrogens is 436 g/mol. The molecule has 1 aromatic heterocycles. The number of hydrogen-bond donors (Lipinski definition) is 0. The molecule has 0 saturated carbocycles. The normalized spacial score (nSPS) is 13.5. The van der Waals surface area contributed by atoms with Crippen LogP contribution >= 0.6 is 0 Å². The monoisotopic (exact) mass is 464 g/mol. The smallest absolute Gasteiger partial charge is 0.253 e. The molecule has 0 N–H and O–H groups in total. The molecule has 1 amide bonds. The lowest BCUT2D eigenvalue weighted by molar-refractivity contribution is 0.0746. The van der Waals surface area contributed by atoms with Gasteiger partial charge in [-0.1, -0.05) is 42.5 Å². The Morgan fingerprint density at radius 2 is 1.46 bits per heavy atom. The zero-order valence-electron chi connectivity index (χ0n) is 19.8. The van der Waals surface area contributed by atoms with Gasteiger partial charge in [-0.25, -0.2) is 9.97 Å². The zero-order chi connectivity index (χ0) is 24.0. The maximum absolute atomic E-state index is 13.1. The summed E-state index contributed by atoms with van der Waals surface area (Å²) in [4.78, 5) is 26.1. The molecule has 176 valence electrons. The number of ether oxygens (including phenoxy) is 1. The van der Waals surface area contributed by atoms with Crippen LogP contribution in [0, 0.1) is 0 Å². The van der Waals surface area contributed by atoms with Crippen molar-refractivity contribution in [1.29, 1.82) is 0 Å². The van der Waals surface area contributed by atoms with Crippen molar-refractivity contribution in [3.8, 4) is 28.1 Å². The van der Waals surface area contributed by atoms with E-state index in [2.05, 4.69) is 27.0 Å². The molecule has 0 unspecified atom stereocenters. The van der Waals surface area contributed by atoms with Gasteiger partial charge in [-0.3, -0.25) is 4.79 Å². The molecule has 0 atom stereocenters. The van der Waals surface area contributed by atoms with Crippen LogP contribution < -0.4 is 9.64 Å². The van der Waals surface area contributed by atoms with Crippen LogP contribution in [-0.4, -0.2) is 53.6 Å². The largest absolute Gasteiger partial charge is 0.494 e. The molecule has 0 aliphatic carbocycles. The number of amides is 1. The van der Waals surface area contributed by atoms with Crippen molar-refractivity contribution in [2.24, 2.45) is 0 Å². The predicted molar refractivity (Wildman–Crippen MR) is 139 cm³/mol. The summed E-state index contributed by atoms with van der Waals surface area (Å²) >= 11 is 0. The summed E-state index contributed by atoms with van der Waals surface area (Å²) in [6, 6.07) is 28.0. The van der Waals surface area contributed by atoms with Gasteiger partial charge in [-0.15, -0.1) is 0 Å². The minimum Gasteiger partial charge on any atom is -0.494 e. The maximum atomic E-state index is 13.1. The van der Waals surface area contributed by atoms with E-state index in [-0.39, 0.29) is 5.91 Å². The van der Waals surface area contributed by atoms with Gasteiger partial charge in [0.1, 0.15) is 17.9 Å². The van der Waals surface area contributed by atoms with Gasteiger partial charge in [0.05, 0.1) is 12.3 Å². The minimum atomic E-state index is 0.0713. The van der Waals surface area contributed by atoms with E-state index in [4.69, 9.17) is 4.74 Å². The summed E-state index contributed by atoms with van der Waals surface area (Å²) < 4.78 is 5.53. The molecule has 0 spiro atoms. The minimum absolute atomic E-state index is 0.0713. The Labute approximate surface area is 205 Å². The van der Waals surface area contributed by atoms with Crippen LogP contribution in [0.25, 0.3) is 22.4 Å². The first kappa shape index (κ1) is 22.6. The van der Waals surface area contributed by atoms with Crippen molar-refractivity contribution in [3.05, 3.63) is 96.8 Å². The average molecular weight is 465 g/mol. The highest BCUT2D eigenvalue weighted by atomic mass is 16.5. The molecule has 1 saturated heterocycles. The van der Waals surface area contributed by atoms with Crippen molar-refractivity contribution < 1.29 is 9.53 Å². The quantitative estimate of drug-likeness (QED) is 0.394. The summed E-state index contributed by atoms with van der Waals surface area (Å²) in [5.41, 5.74) is 4.87. The van der Waals surface area contributed by atoms with E-state index in [1.165, 1.54) is 0 Å². The van der Waals surface area contributed by atoms with E-state index in [0.717, 1.165) is 52.6 Å². The third-order valence-electron chi connectivity index (χ3n) is 6.24. The fourth-order valence-corrected chi connectivity index (χ4v) is 4.32. The van der Waals surface area contributed by atoms with Crippen LogP contribution in [0.1, 0.15) is 17.3 Å². The van der Waals surface area contributed by atoms with E-state index < -0.39 is 0 Å². The van der Waals surface area contributed by atoms with Gasteiger partial charge >= 0.3 is 0 Å². The SMILES string of the molecule is CCOc1ccc(-c2cc(N3CCN(C(=O)c4ccc(-c5ccccc5)cc4)CC3)ncn2)cc1. The maximum Gasteiger partial charge on any atom is 0.253 e. The van der Waals surface area contributed by atoms with Crippen LogP contribution in [0.2, 0.25) is 0 Å². The van der Waals surface area contributed by atoms with Crippen LogP contribution in [0.4, 0.5) is 5.82 Å². The molecule has 1 fully saturated rings. The van der Waals surface area contributed by atoms with Gasteiger partial charge in [-0.2, -0.15) is 0 Å². The number of anilines is 1. The molecule has 6 nitrogen and oxygen atoms in total. The Morgan fingerprint density at radius 3 is 2.14 bits per heavy atom. The Balaban J connectivity index is 1.22. The molecule has 6 heteroatoms. The van der Waals surface area contributed by atoms with E-state index in [1.54, 1.807) is 6.33 Å². The molecule has 1 aliphatic rings. The second-order valence-electron chi connectivity index (χ2n) is 8.44. The number of hydrogen-bond acceptors (Lipinski definition) is 5. The number of piperazine rings is 1. The highest BCUT2D eigenvalue weighted by Crippen LogP contribution is 2.25. The number of aromatic nitrogens is 2. The number of nitrogens with zero attached hydrogens (tertiary/aromatic N) is 4. The zero-order valence-corrected chi connectivity index (χ0v) is 19.8. The molecular formula is C29H28N4O2. The van der Waals surface area contributed by atoms with E-state index in [9.17, 15) is 4.79 Å². The molecule has 1 aliphatic heterocycles. The summed E-state index contributed by atoms with van der Waals surface area (Å²) in [5.74, 6) is 1.80. The first-order chi connectivity index (χ1) is 17.2. The highest BCUT2D eigenvalue weighted by Gasteiger charge is 2.23. The second kappa shape index (κ2) is 10.4. The predicted octanol–water partition coefficient (Wildman–Crippen LogP) is 5.17. The first-order valence-electron chi connectivity index (χ1n) is 12.0. The molecule has 35 heavy (non-hydrogen) atoms. The number of benzene rings is 3. The summed E-state index contributed by atoms with van der Waals surface area (Å²) in [6.45, 7) is 5.38. The fraction of sp³-hybridized carbons (Fsp3) is 0.207.